The van der Waals surface area contributed by atoms with E-state index in [0.717, 1.165) is 0 Å². The molecule has 0 fully saturated rings. The molecule has 2 aromatic carbocycles. The van der Waals surface area contributed by atoms with Crippen LogP contribution in [-0.4, -0.2) is 5.11 Å². The lowest BCUT2D eigenvalue weighted by Gasteiger charge is -2.25. The van der Waals surface area contributed by atoms with Crippen molar-refractivity contribution in [3.05, 3.63) is 70.3 Å². The summed E-state index contributed by atoms with van der Waals surface area (Å²) in [6, 6.07) is 10.8. The minimum atomic E-state index is -1.67. The summed E-state index contributed by atoms with van der Waals surface area (Å²) in [5, 5.41) is 19.3. The Labute approximate surface area is 115 Å². The van der Waals surface area contributed by atoms with E-state index in [1.165, 1.54) is 50.2 Å². The summed E-state index contributed by atoms with van der Waals surface area (Å²) < 4.78 is 27.6. The van der Waals surface area contributed by atoms with Crippen LogP contribution in [0, 0.1) is 29.9 Å². The number of hydrogen-bond acceptors (Lipinski definition) is 2. The second kappa shape index (κ2) is 5.03. The lowest BCUT2D eigenvalue weighted by atomic mass is 9.87. The SMILES string of the molecule is Cc1ccc(C(C)(O)c2ccc(C#N)cc2)c(F)c1F. The van der Waals surface area contributed by atoms with Crippen LogP contribution >= 0.6 is 0 Å². The Balaban J connectivity index is 2.54. The summed E-state index contributed by atoms with van der Waals surface area (Å²) in [4.78, 5) is 0. The van der Waals surface area contributed by atoms with Crippen molar-refractivity contribution in [1.29, 1.82) is 5.26 Å². The van der Waals surface area contributed by atoms with Gasteiger partial charge < -0.3 is 5.11 Å². The highest BCUT2D eigenvalue weighted by molar-refractivity contribution is 5.41. The van der Waals surface area contributed by atoms with Crippen LogP contribution in [0.25, 0.3) is 0 Å². The van der Waals surface area contributed by atoms with Gasteiger partial charge in [0, 0.05) is 5.56 Å². The summed E-state index contributed by atoms with van der Waals surface area (Å²) >= 11 is 0. The summed E-state index contributed by atoms with van der Waals surface area (Å²) in [6.07, 6.45) is 0. The molecule has 0 heterocycles. The molecular formula is C16H13F2NO. The second-order valence-electron chi connectivity index (χ2n) is 4.82. The van der Waals surface area contributed by atoms with Crippen molar-refractivity contribution in [2.45, 2.75) is 19.4 Å². The lowest BCUT2D eigenvalue weighted by molar-refractivity contribution is 0.0969. The average Bonchev–Trinajstić information content (AvgIpc) is 2.44. The van der Waals surface area contributed by atoms with Crippen molar-refractivity contribution < 1.29 is 13.9 Å². The molecule has 0 radical (unpaired) electrons. The van der Waals surface area contributed by atoms with Gasteiger partial charge in [-0.3, -0.25) is 0 Å². The Morgan fingerprint density at radius 1 is 1.05 bits per heavy atom. The molecule has 0 aromatic heterocycles. The molecule has 0 spiro atoms. The van der Waals surface area contributed by atoms with E-state index in [4.69, 9.17) is 5.26 Å². The van der Waals surface area contributed by atoms with Crippen LogP contribution in [0.4, 0.5) is 8.78 Å². The molecule has 0 amide bonds. The van der Waals surface area contributed by atoms with Crippen molar-refractivity contribution in [3.8, 4) is 6.07 Å². The molecule has 102 valence electrons. The Kier molecular flexibility index (Phi) is 3.56. The van der Waals surface area contributed by atoms with Crippen molar-refractivity contribution in [1.82, 2.24) is 0 Å². The standard InChI is InChI=1S/C16H13F2NO/c1-10-3-8-13(15(18)14(10)17)16(2,20)12-6-4-11(9-19)5-7-12/h3-8,20H,1-2H3. The fourth-order valence-electron chi connectivity index (χ4n) is 2.05. The molecule has 4 heteroatoms. The lowest BCUT2D eigenvalue weighted by Crippen LogP contribution is -2.25. The van der Waals surface area contributed by atoms with Gasteiger partial charge in [-0.05, 0) is 37.1 Å². The average molecular weight is 273 g/mol. The Morgan fingerprint density at radius 3 is 2.20 bits per heavy atom. The summed E-state index contributed by atoms with van der Waals surface area (Å²) in [6.45, 7) is 2.85. The molecule has 2 rings (SSSR count). The van der Waals surface area contributed by atoms with Crippen molar-refractivity contribution in [3.63, 3.8) is 0 Å². The van der Waals surface area contributed by atoms with Crippen molar-refractivity contribution in [2.75, 3.05) is 0 Å². The Bertz CT molecular complexity index is 685. The van der Waals surface area contributed by atoms with Crippen LogP contribution < -0.4 is 0 Å². The third-order valence-corrected chi connectivity index (χ3v) is 3.38. The molecule has 2 nitrogen and oxygen atoms in total. The minimum Gasteiger partial charge on any atom is -0.381 e. The molecule has 0 saturated carbocycles. The van der Waals surface area contributed by atoms with Gasteiger partial charge >= 0.3 is 0 Å². The number of halogens is 2. The van der Waals surface area contributed by atoms with E-state index in [2.05, 4.69) is 0 Å². The van der Waals surface area contributed by atoms with Crippen molar-refractivity contribution in [2.24, 2.45) is 0 Å². The van der Waals surface area contributed by atoms with Crippen molar-refractivity contribution >= 4 is 0 Å². The summed E-state index contributed by atoms with van der Waals surface area (Å²) in [5.41, 5.74) is -0.807. The molecule has 0 aliphatic rings. The summed E-state index contributed by atoms with van der Waals surface area (Å²) in [7, 11) is 0. The first-order valence-corrected chi connectivity index (χ1v) is 6.06. The zero-order chi connectivity index (χ0) is 14.9. The zero-order valence-electron chi connectivity index (χ0n) is 11.1. The maximum atomic E-state index is 14.0. The highest BCUT2D eigenvalue weighted by atomic mass is 19.2. The van der Waals surface area contributed by atoms with Crippen LogP contribution in [0.3, 0.4) is 0 Å². The van der Waals surface area contributed by atoms with Gasteiger partial charge in [0.2, 0.25) is 0 Å². The molecule has 0 aliphatic heterocycles. The van der Waals surface area contributed by atoms with Gasteiger partial charge in [0.25, 0.3) is 0 Å². The van der Waals surface area contributed by atoms with Gasteiger partial charge in [-0.1, -0.05) is 24.3 Å². The number of nitriles is 1. The van der Waals surface area contributed by atoms with Gasteiger partial charge in [-0.25, -0.2) is 8.78 Å². The monoisotopic (exact) mass is 273 g/mol. The molecule has 0 saturated heterocycles. The predicted molar refractivity (Wildman–Crippen MR) is 70.9 cm³/mol. The number of rotatable bonds is 2. The zero-order valence-corrected chi connectivity index (χ0v) is 11.1. The van der Waals surface area contributed by atoms with E-state index in [1.807, 2.05) is 6.07 Å². The van der Waals surface area contributed by atoms with Crippen LogP contribution in [-0.2, 0) is 5.60 Å². The minimum absolute atomic E-state index is 0.134. The highest BCUT2D eigenvalue weighted by Gasteiger charge is 2.30. The number of nitrogens with zero attached hydrogens (tertiary/aromatic N) is 1. The molecule has 1 N–H and O–H groups in total. The van der Waals surface area contributed by atoms with E-state index in [9.17, 15) is 13.9 Å². The first kappa shape index (κ1) is 14.2. The topological polar surface area (TPSA) is 44.0 Å². The smallest absolute Gasteiger partial charge is 0.165 e. The fourth-order valence-corrected chi connectivity index (χ4v) is 2.05. The molecule has 1 unspecified atom stereocenters. The third-order valence-electron chi connectivity index (χ3n) is 3.38. The van der Waals surface area contributed by atoms with Gasteiger partial charge in [0.15, 0.2) is 11.6 Å². The number of hydrogen-bond donors (Lipinski definition) is 1. The predicted octanol–water partition coefficient (Wildman–Crippen LogP) is 3.40. The second-order valence-corrected chi connectivity index (χ2v) is 4.82. The molecule has 0 bridgehead atoms. The van der Waals surface area contributed by atoms with Crippen LogP contribution in [0.15, 0.2) is 36.4 Å². The van der Waals surface area contributed by atoms with E-state index >= 15 is 0 Å². The number of aliphatic hydroxyl groups is 1. The first-order chi connectivity index (χ1) is 9.37. The number of aryl methyl sites for hydroxylation is 1. The van der Waals surface area contributed by atoms with Crippen LogP contribution in [0.5, 0.6) is 0 Å². The Morgan fingerprint density at radius 2 is 1.65 bits per heavy atom. The van der Waals surface area contributed by atoms with Crippen LogP contribution in [0.2, 0.25) is 0 Å². The Hall–Kier alpha value is -2.25. The largest absolute Gasteiger partial charge is 0.381 e. The molecule has 2 aromatic rings. The van der Waals surface area contributed by atoms with Crippen LogP contribution in [0.1, 0.15) is 29.2 Å². The van der Waals surface area contributed by atoms with E-state index in [0.29, 0.717) is 11.1 Å². The summed E-state index contributed by atoms with van der Waals surface area (Å²) in [5.74, 6) is -2.02. The van der Waals surface area contributed by atoms with Gasteiger partial charge in [0.05, 0.1) is 11.6 Å². The third kappa shape index (κ3) is 2.28. The number of benzene rings is 2. The van der Waals surface area contributed by atoms with Gasteiger partial charge in [-0.15, -0.1) is 0 Å². The maximum Gasteiger partial charge on any atom is 0.165 e. The highest BCUT2D eigenvalue weighted by Crippen LogP contribution is 2.32. The quantitative estimate of drug-likeness (QED) is 0.911. The maximum absolute atomic E-state index is 14.0. The van der Waals surface area contributed by atoms with Gasteiger partial charge in [-0.2, -0.15) is 5.26 Å². The van der Waals surface area contributed by atoms with E-state index in [1.54, 1.807) is 0 Å². The first-order valence-electron chi connectivity index (χ1n) is 6.06. The van der Waals surface area contributed by atoms with E-state index in [-0.39, 0.29) is 11.1 Å². The molecular weight excluding hydrogens is 260 g/mol. The fraction of sp³-hybridized carbons (Fsp3) is 0.188. The molecule has 0 aliphatic carbocycles. The van der Waals surface area contributed by atoms with E-state index < -0.39 is 17.2 Å². The molecule has 1 atom stereocenters. The van der Waals surface area contributed by atoms with Gasteiger partial charge in [0.1, 0.15) is 5.60 Å². The normalized spacial score (nSPS) is 13.6. The molecule has 20 heavy (non-hydrogen) atoms.